The Bertz CT molecular complexity index is 1050. The van der Waals surface area contributed by atoms with Crippen molar-refractivity contribution in [3.05, 3.63) is 70.9 Å². The number of oxime groups is 1. The molecule has 5 nitrogen and oxygen atoms in total. The van der Waals surface area contributed by atoms with Gasteiger partial charge in [0.2, 0.25) is 0 Å². The van der Waals surface area contributed by atoms with Crippen molar-refractivity contribution in [2.75, 3.05) is 7.11 Å². The third-order valence-corrected chi connectivity index (χ3v) is 5.45. The molecule has 1 aromatic carbocycles. The van der Waals surface area contributed by atoms with Crippen LogP contribution in [0.25, 0.3) is 15.7 Å². The van der Waals surface area contributed by atoms with Gasteiger partial charge in [0.25, 0.3) is 0 Å². The van der Waals surface area contributed by atoms with E-state index in [4.69, 9.17) is 9.57 Å². The molecule has 0 atom stereocenters. The third-order valence-electron chi connectivity index (χ3n) is 4.49. The van der Waals surface area contributed by atoms with Crippen molar-refractivity contribution in [2.24, 2.45) is 11.1 Å². The molecule has 2 aromatic heterocycles. The summed E-state index contributed by atoms with van der Waals surface area (Å²) in [5, 5.41) is 7.33. The van der Waals surface area contributed by atoms with Gasteiger partial charge in [-0.25, -0.2) is 4.79 Å². The van der Waals surface area contributed by atoms with Gasteiger partial charge in [-0.1, -0.05) is 37.2 Å². The minimum Gasteiger partial charge on any atom is -0.465 e. The van der Waals surface area contributed by atoms with E-state index in [9.17, 15) is 4.79 Å². The smallest absolute Gasteiger partial charge is 0.338 e. The monoisotopic (exact) mass is 408 g/mol. The van der Waals surface area contributed by atoms with Crippen LogP contribution in [0, 0.1) is 5.92 Å². The van der Waals surface area contributed by atoms with Gasteiger partial charge in [-0.3, -0.25) is 4.98 Å². The fourth-order valence-electron chi connectivity index (χ4n) is 3.01. The molecule has 0 aliphatic heterocycles. The Labute approximate surface area is 174 Å². The van der Waals surface area contributed by atoms with Gasteiger partial charge >= 0.3 is 5.97 Å². The van der Waals surface area contributed by atoms with Gasteiger partial charge in [-0.2, -0.15) is 0 Å². The summed E-state index contributed by atoms with van der Waals surface area (Å²) in [5.74, 6) is -0.149. The molecule has 0 amide bonds. The SMILES string of the molecule is CC=C(C(=O)OC)c1csc2ccc(CON=C(c3ccccn3)C(C)C)cc12. The highest BCUT2D eigenvalue weighted by atomic mass is 32.1. The fourth-order valence-corrected chi connectivity index (χ4v) is 3.95. The largest absolute Gasteiger partial charge is 0.465 e. The van der Waals surface area contributed by atoms with E-state index in [1.54, 1.807) is 23.6 Å². The summed E-state index contributed by atoms with van der Waals surface area (Å²) in [5.41, 5.74) is 4.04. The summed E-state index contributed by atoms with van der Waals surface area (Å²) in [6.45, 7) is 6.29. The Hall–Kier alpha value is -2.99. The number of fused-ring (bicyclic) bond motifs is 1. The maximum Gasteiger partial charge on any atom is 0.338 e. The number of methoxy groups -OCH3 is 1. The second kappa shape index (κ2) is 9.47. The number of pyridine rings is 1. The molecule has 150 valence electrons. The molecule has 0 N–H and O–H groups in total. The topological polar surface area (TPSA) is 60.8 Å². The van der Waals surface area contributed by atoms with Gasteiger partial charge in [0.1, 0.15) is 12.3 Å². The van der Waals surface area contributed by atoms with Gasteiger partial charge in [-0.15, -0.1) is 11.3 Å². The lowest BCUT2D eigenvalue weighted by Gasteiger charge is -2.09. The summed E-state index contributed by atoms with van der Waals surface area (Å²) in [6.07, 6.45) is 3.53. The van der Waals surface area contributed by atoms with Crippen LogP contribution >= 0.6 is 11.3 Å². The van der Waals surface area contributed by atoms with Crippen molar-refractivity contribution in [1.82, 2.24) is 4.98 Å². The maximum absolute atomic E-state index is 12.1. The summed E-state index contributed by atoms with van der Waals surface area (Å²) < 4.78 is 6.01. The Balaban J connectivity index is 1.84. The summed E-state index contributed by atoms with van der Waals surface area (Å²) >= 11 is 1.60. The zero-order chi connectivity index (χ0) is 20.8. The molecule has 3 rings (SSSR count). The first-order valence-corrected chi connectivity index (χ1v) is 10.3. The number of esters is 1. The number of hydrogen-bond acceptors (Lipinski definition) is 6. The van der Waals surface area contributed by atoms with Crippen LogP contribution in [0.2, 0.25) is 0 Å². The van der Waals surface area contributed by atoms with Crippen LogP contribution in [-0.4, -0.2) is 23.8 Å². The van der Waals surface area contributed by atoms with Crippen LogP contribution in [0.1, 0.15) is 37.6 Å². The summed E-state index contributed by atoms with van der Waals surface area (Å²) in [4.78, 5) is 22.1. The Morgan fingerprint density at radius 3 is 2.76 bits per heavy atom. The minimum atomic E-state index is -0.338. The molecule has 29 heavy (non-hydrogen) atoms. The molecule has 0 saturated heterocycles. The molecule has 0 fully saturated rings. The predicted molar refractivity (Wildman–Crippen MR) is 118 cm³/mol. The minimum absolute atomic E-state index is 0.188. The first-order valence-electron chi connectivity index (χ1n) is 9.41. The molecule has 2 heterocycles. The highest BCUT2D eigenvalue weighted by Crippen LogP contribution is 2.32. The lowest BCUT2D eigenvalue weighted by molar-refractivity contribution is -0.133. The number of carbonyl (C=O) groups excluding carboxylic acids is 1. The van der Waals surface area contributed by atoms with Crippen LogP contribution < -0.4 is 0 Å². The molecular weight excluding hydrogens is 384 g/mol. The zero-order valence-corrected chi connectivity index (χ0v) is 17.8. The first kappa shape index (κ1) is 20.7. The summed E-state index contributed by atoms with van der Waals surface area (Å²) in [6, 6.07) is 11.8. The van der Waals surface area contributed by atoms with Crippen LogP contribution in [0.5, 0.6) is 0 Å². The number of allylic oxidation sites excluding steroid dienone is 1. The Morgan fingerprint density at radius 2 is 2.10 bits per heavy atom. The summed E-state index contributed by atoms with van der Waals surface area (Å²) in [7, 11) is 1.39. The van der Waals surface area contributed by atoms with E-state index in [1.807, 2.05) is 48.7 Å². The van der Waals surface area contributed by atoms with Crippen molar-refractivity contribution in [2.45, 2.75) is 27.4 Å². The molecule has 6 heteroatoms. The van der Waals surface area contributed by atoms with E-state index in [2.05, 4.69) is 24.0 Å². The maximum atomic E-state index is 12.1. The number of rotatable bonds is 7. The van der Waals surface area contributed by atoms with Crippen molar-refractivity contribution in [3.63, 3.8) is 0 Å². The molecular formula is C23H24N2O3S. The molecule has 0 radical (unpaired) electrons. The number of nitrogens with zero attached hydrogens (tertiary/aromatic N) is 2. The highest BCUT2D eigenvalue weighted by Gasteiger charge is 2.16. The second-order valence-corrected chi connectivity index (χ2v) is 7.70. The quantitative estimate of drug-likeness (QED) is 0.226. The molecule has 0 unspecified atom stereocenters. The number of thiophene rings is 1. The molecule has 0 aliphatic rings. The zero-order valence-electron chi connectivity index (χ0n) is 17.0. The highest BCUT2D eigenvalue weighted by molar-refractivity contribution is 7.17. The first-order chi connectivity index (χ1) is 14.0. The normalized spacial score (nSPS) is 12.4. The Morgan fingerprint density at radius 1 is 1.28 bits per heavy atom. The number of benzene rings is 1. The predicted octanol–water partition coefficient (Wildman–Crippen LogP) is 5.45. The van der Waals surface area contributed by atoms with Crippen molar-refractivity contribution in [1.29, 1.82) is 0 Å². The van der Waals surface area contributed by atoms with Crippen molar-refractivity contribution in [3.8, 4) is 0 Å². The standard InChI is InChI=1S/C23H24N2O3S/c1-5-17(23(26)27-4)19-14-29-21-10-9-16(12-18(19)21)13-28-25-22(15(2)3)20-8-6-7-11-24-20/h5-12,14-15H,13H2,1-4H3. The van der Waals surface area contributed by atoms with Gasteiger partial charge in [-0.05, 0) is 36.8 Å². The van der Waals surface area contributed by atoms with Gasteiger partial charge in [0.05, 0.1) is 18.4 Å². The molecule has 0 bridgehead atoms. The second-order valence-electron chi connectivity index (χ2n) is 6.79. The van der Waals surface area contributed by atoms with Crippen LogP contribution in [0.4, 0.5) is 0 Å². The average molecular weight is 409 g/mol. The van der Waals surface area contributed by atoms with Crippen molar-refractivity contribution < 1.29 is 14.4 Å². The molecule has 3 aromatic rings. The number of ether oxygens (including phenoxy) is 1. The number of carbonyl (C=O) groups is 1. The van der Waals surface area contributed by atoms with Gasteiger partial charge in [0.15, 0.2) is 0 Å². The van der Waals surface area contributed by atoms with Gasteiger partial charge < -0.3 is 9.57 Å². The van der Waals surface area contributed by atoms with Crippen LogP contribution in [0.3, 0.4) is 0 Å². The van der Waals surface area contributed by atoms with Crippen molar-refractivity contribution >= 4 is 38.7 Å². The molecule has 0 saturated carbocycles. The Kier molecular flexibility index (Phi) is 6.77. The molecule has 0 aliphatic carbocycles. The average Bonchev–Trinajstić information content (AvgIpc) is 3.15. The molecule has 0 spiro atoms. The van der Waals surface area contributed by atoms with Crippen LogP contribution in [-0.2, 0) is 21.0 Å². The number of aromatic nitrogens is 1. The van der Waals surface area contributed by atoms with E-state index < -0.39 is 0 Å². The van der Waals surface area contributed by atoms with E-state index in [1.165, 1.54) is 7.11 Å². The lowest BCUT2D eigenvalue weighted by Crippen LogP contribution is -2.11. The van der Waals surface area contributed by atoms with E-state index in [-0.39, 0.29) is 11.9 Å². The third kappa shape index (κ3) is 4.71. The fraction of sp³-hybridized carbons (Fsp3) is 0.261. The van der Waals surface area contributed by atoms with E-state index in [0.29, 0.717) is 12.2 Å². The van der Waals surface area contributed by atoms with Crippen LogP contribution in [0.15, 0.2) is 59.2 Å². The van der Waals surface area contributed by atoms with E-state index in [0.717, 1.165) is 32.6 Å². The lowest BCUT2D eigenvalue weighted by atomic mass is 10.0. The van der Waals surface area contributed by atoms with E-state index >= 15 is 0 Å². The van der Waals surface area contributed by atoms with Gasteiger partial charge in [0, 0.05) is 33.1 Å². The number of hydrogen-bond donors (Lipinski definition) is 0.